The molecular formula is C22H19FN4O3. The monoisotopic (exact) mass is 406 g/mol. The van der Waals surface area contributed by atoms with Crippen LogP contribution in [0.2, 0.25) is 0 Å². The Hall–Kier alpha value is -3.94. The van der Waals surface area contributed by atoms with Gasteiger partial charge >= 0.3 is 0 Å². The van der Waals surface area contributed by atoms with E-state index in [9.17, 15) is 9.18 Å². The minimum atomic E-state index is -0.860. The Morgan fingerprint density at radius 3 is 2.60 bits per heavy atom. The van der Waals surface area contributed by atoms with E-state index in [4.69, 9.17) is 9.47 Å². The number of methoxy groups -OCH3 is 1. The first-order chi connectivity index (χ1) is 14.5. The first-order valence-electron chi connectivity index (χ1n) is 9.26. The maximum atomic E-state index is 13.7. The van der Waals surface area contributed by atoms with Gasteiger partial charge in [-0.3, -0.25) is 4.79 Å². The average Bonchev–Trinajstić information content (AvgIpc) is 3.19. The van der Waals surface area contributed by atoms with Crippen LogP contribution in [-0.4, -0.2) is 33.7 Å². The van der Waals surface area contributed by atoms with E-state index in [0.717, 1.165) is 11.3 Å². The molecule has 0 aliphatic carbocycles. The zero-order valence-electron chi connectivity index (χ0n) is 16.4. The van der Waals surface area contributed by atoms with Gasteiger partial charge in [0.15, 0.2) is 23.3 Å². The van der Waals surface area contributed by atoms with E-state index in [1.807, 2.05) is 18.2 Å². The summed E-state index contributed by atoms with van der Waals surface area (Å²) in [5.74, 6) is -0.361. The van der Waals surface area contributed by atoms with Crippen LogP contribution in [-0.2, 0) is 4.79 Å². The lowest BCUT2D eigenvalue weighted by atomic mass is 10.1. The molecule has 0 aliphatic heterocycles. The Kier molecular flexibility index (Phi) is 5.30. The highest BCUT2D eigenvalue weighted by molar-refractivity contribution is 5.94. The second-order valence-corrected chi connectivity index (χ2v) is 6.56. The van der Waals surface area contributed by atoms with Gasteiger partial charge in [-0.15, -0.1) is 5.10 Å². The molecule has 0 fully saturated rings. The third-order valence-corrected chi connectivity index (χ3v) is 4.46. The third-order valence-electron chi connectivity index (χ3n) is 4.46. The van der Waals surface area contributed by atoms with Crippen LogP contribution in [0.15, 0.2) is 66.9 Å². The predicted molar refractivity (Wildman–Crippen MR) is 110 cm³/mol. The molecule has 4 rings (SSSR count). The topological polar surface area (TPSA) is 77.8 Å². The van der Waals surface area contributed by atoms with Crippen LogP contribution in [0.25, 0.3) is 16.9 Å². The van der Waals surface area contributed by atoms with E-state index in [1.165, 1.54) is 12.1 Å². The van der Waals surface area contributed by atoms with Gasteiger partial charge in [-0.2, -0.15) is 0 Å². The first kappa shape index (κ1) is 19.4. The molecule has 1 amide bonds. The molecule has 0 spiro atoms. The number of para-hydroxylation sites is 1. The van der Waals surface area contributed by atoms with Crippen molar-refractivity contribution in [2.24, 2.45) is 0 Å². The molecule has 2 aromatic carbocycles. The van der Waals surface area contributed by atoms with Gasteiger partial charge in [0.05, 0.1) is 19.0 Å². The summed E-state index contributed by atoms with van der Waals surface area (Å²) in [4.78, 5) is 16.9. The number of rotatable bonds is 6. The van der Waals surface area contributed by atoms with Crippen molar-refractivity contribution in [3.8, 4) is 22.9 Å². The fraction of sp³-hybridized carbons (Fsp3) is 0.136. The molecule has 152 valence electrons. The summed E-state index contributed by atoms with van der Waals surface area (Å²) in [6.45, 7) is 1.56. The second-order valence-electron chi connectivity index (χ2n) is 6.56. The highest BCUT2D eigenvalue weighted by atomic mass is 19.1. The number of anilines is 1. The number of hydrogen-bond acceptors (Lipinski definition) is 5. The van der Waals surface area contributed by atoms with E-state index < -0.39 is 11.9 Å². The van der Waals surface area contributed by atoms with Crippen molar-refractivity contribution in [2.45, 2.75) is 13.0 Å². The third kappa shape index (κ3) is 4.07. The summed E-state index contributed by atoms with van der Waals surface area (Å²) in [5.41, 5.74) is 2.90. The zero-order valence-corrected chi connectivity index (χ0v) is 16.4. The Bertz CT molecular complexity index is 1190. The Morgan fingerprint density at radius 2 is 1.87 bits per heavy atom. The minimum absolute atomic E-state index is 0.0348. The van der Waals surface area contributed by atoms with Gasteiger partial charge in [-0.25, -0.2) is 13.9 Å². The van der Waals surface area contributed by atoms with Crippen LogP contribution in [0.1, 0.15) is 6.92 Å². The summed E-state index contributed by atoms with van der Waals surface area (Å²) in [7, 11) is 1.56. The van der Waals surface area contributed by atoms with Crippen molar-refractivity contribution in [1.82, 2.24) is 14.6 Å². The number of amides is 1. The molecule has 0 radical (unpaired) electrons. The van der Waals surface area contributed by atoms with Gasteiger partial charge in [-0.1, -0.05) is 24.3 Å². The molecule has 0 saturated carbocycles. The molecule has 1 N–H and O–H groups in total. The molecule has 7 nitrogen and oxygen atoms in total. The number of halogens is 1. The summed E-state index contributed by atoms with van der Waals surface area (Å²) in [6, 6.07) is 16.7. The van der Waals surface area contributed by atoms with Gasteiger partial charge in [0.25, 0.3) is 5.91 Å². The first-order valence-corrected chi connectivity index (χ1v) is 9.26. The molecule has 0 saturated heterocycles. The Balaban J connectivity index is 1.44. The molecule has 0 unspecified atom stereocenters. The smallest absolute Gasteiger partial charge is 0.265 e. The van der Waals surface area contributed by atoms with Crippen molar-refractivity contribution in [2.75, 3.05) is 12.4 Å². The predicted octanol–water partition coefficient (Wildman–Crippen LogP) is 3.95. The number of carbonyl (C=O) groups excluding carboxylic acids is 1. The van der Waals surface area contributed by atoms with Crippen LogP contribution >= 0.6 is 0 Å². The molecule has 30 heavy (non-hydrogen) atoms. The molecule has 0 bridgehead atoms. The lowest BCUT2D eigenvalue weighted by molar-refractivity contribution is -0.122. The Morgan fingerprint density at radius 1 is 1.10 bits per heavy atom. The quantitative estimate of drug-likeness (QED) is 0.525. The number of ether oxygens (including phenoxy) is 2. The number of aromatic nitrogens is 3. The second kappa shape index (κ2) is 8.20. The maximum absolute atomic E-state index is 13.7. The van der Waals surface area contributed by atoms with E-state index in [-0.39, 0.29) is 11.7 Å². The lowest BCUT2D eigenvalue weighted by Crippen LogP contribution is -2.30. The normalized spacial score (nSPS) is 11.8. The number of fused-ring (bicyclic) bond motifs is 1. The van der Waals surface area contributed by atoms with Crippen LogP contribution < -0.4 is 14.8 Å². The van der Waals surface area contributed by atoms with Crippen molar-refractivity contribution >= 4 is 17.2 Å². The fourth-order valence-electron chi connectivity index (χ4n) is 2.86. The van der Waals surface area contributed by atoms with Crippen LogP contribution in [0, 0.1) is 5.82 Å². The number of imidazole rings is 1. The van der Waals surface area contributed by atoms with E-state index in [1.54, 1.807) is 55.1 Å². The van der Waals surface area contributed by atoms with E-state index >= 15 is 0 Å². The van der Waals surface area contributed by atoms with Gasteiger partial charge in [0, 0.05) is 17.3 Å². The van der Waals surface area contributed by atoms with Crippen molar-refractivity contribution in [1.29, 1.82) is 0 Å². The van der Waals surface area contributed by atoms with E-state index in [2.05, 4.69) is 15.4 Å². The molecule has 8 heteroatoms. The molecule has 2 aromatic heterocycles. The molecular weight excluding hydrogens is 387 g/mol. The number of hydrogen-bond donors (Lipinski definition) is 1. The van der Waals surface area contributed by atoms with E-state index in [0.29, 0.717) is 17.2 Å². The van der Waals surface area contributed by atoms with Crippen molar-refractivity contribution < 1.29 is 18.7 Å². The largest absolute Gasteiger partial charge is 0.480 e. The molecule has 2 heterocycles. The Labute approximate surface area is 172 Å². The summed E-state index contributed by atoms with van der Waals surface area (Å²) in [5, 5.41) is 7.05. The summed E-state index contributed by atoms with van der Waals surface area (Å²) in [6.07, 6.45) is 0.941. The molecule has 0 aliphatic rings. The van der Waals surface area contributed by atoms with Gasteiger partial charge in [0.1, 0.15) is 0 Å². The van der Waals surface area contributed by atoms with Crippen molar-refractivity contribution in [3.05, 3.63) is 72.7 Å². The highest BCUT2D eigenvalue weighted by Crippen LogP contribution is 2.22. The summed E-state index contributed by atoms with van der Waals surface area (Å²) >= 11 is 0. The fourth-order valence-corrected chi connectivity index (χ4v) is 2.86. The van der Waals surface area contributed by atoms with Crippen LogP contribution in [0.4, 0.5) is 10.1 Å². The minimum Gasteiger partial charge on any atom is -0.480 e. The zero-order chi connectivity index (χ0) is 21.1. The molecule has 1 atom stereocenters. The highest BCUT2D eigenvalue weighted by Gasteiger charge is 2.17. The SMILES string of the molecule is COc1ccc2nc(-c3ccc(NC(=O)[C@H](C)Oc4ccccc4F)cc3)cn2n1. The van der Waals surface area contributed by atoms with Crippen molar-refractivity contribution in [3.63, 3.8) is 0 Å². The lowest BCUT2D eigenvalue weighted by Gasteiger charge is -2.15. The van der Waals surface area contributed by atoms with Gasteiger partial charge in [0.2, 0.25) is 5.88 Å². The number of nitrogens with zero attached hydrogens (tertiary/aromatic N) is 3. The standard InChI is InChI=1S/C22H19FN4O3/c1-14(30-19-6-4-3-5-17(19)23)22(28)24-16-9-7-15(8-10-16)18-13-27-20(25-18)11-12-21(26-27)29-2/h3-14H,1-2H3,(H,24,28)/t14-/m0/s1. The maximum Gasteiger partial charge on any atom is 0.265 e. The number of nitrogens with one attached hydrogen (secondary N) is 1. The summed E-state index contributed by atoms with van der Waals surface area (Å²) < 4.78 is 25.9. The average molecular weight is 406 g/mol. The number of benzene rings is 2. The van der Waals surface area contributed by atoms with Gasteiger partial charge < -0.3 is 14.8 Å². The number of carbonyl (C=O) groups is 1. The molecule has 4 aromatic rings. The van der Waals surface area contributed by atoms with Crippen LogP contribution in [0.3, 0.4) is 0 Å². The van der Waals surface area contributed by atoms with Crippen LogP contribution in [0.5, 0.6) is 11.6 Å². The van der Waals surface area contributed by atoms with Gasteiger partial charge in [-0.05, 0) is 37.3 Å².